The van der Waals surface area contributed by atoms with Gasteiger partial charge in [0.15, 0.2) is 0 Å². The normalized spacial score (nSPS) is 21.2. The van der Waals surface area contributed by atoms with E-state index in [-0.39, 0.29) is 11.3 Å². The highest BCUT2D eigenvalue weighted by Gasteiger charge is 2.40. The summed E-state index contributed by atoms with van der Waals surface area (Å²) in [7, 11) is 0. The van der Waals surface area contributed by atoms with Gasteiger partial charge in [0.25, 0.3) is 0 Å². The molecule has 0 bridgehead atoms. The molecule has 0 saturated heterocycles. The molecule has 2 aliphatic heterocycles. The highest BCUT2D eigenvalue weighted by Crippen LogP contribution is 2.53. The van der Waals surface area contributed by atoms with E-state index in [1.807, 2.05) is 0 Å². The Morgan fingerprint density at radius 3 is 2.39 bits per heavy atom. The Morgan fingerprint density at radius 2 is 1.48 bits per heavy atom. The molecule has 67 heavy (non-hydrogen) atoms. The fraction of sp³-hybridized carbons (Fsp3) is 0.206. The minimum absolute atomic E-state index is 0.0353. The number of hydrogen-bond acceptors (Lipinski definition) is 4. The third-order valence-electron chi connectivity index (χ3n) is 15.6. The van der Waals surface area contributed by atoms with E-state index in [0.29, 0.717) is 5.92 Å². The molecule has 2 atom stereocenters. The van der Waals surface area contributed by atoms with Crippen LogP contribution in [0.15, 0.2) is 204 Å². The molecule has 3 heterocycles. The topological polar surface area (TPSA) is 32.3 Å². The molecule has 0 spiro atoms. The van der Waals surface area contributed by atoms with Crippen molar-refractivity contribution in [3.05, 3.63) is 232 Å². The van der Waals surface area contributed by atoms with Gasteiger partial charge in [0, 0.05) is 39.4 Å². The van der Waals surface area contributed by atoms with Gasteiger partial charge in [-0.2, -0.15) is 0 Å². The number of hydrogen-bond donors (Lipinski definition) is 0. The fourth-order valence-electron chi connectivity index (χ4n) is 12.3. The third kappa shape index (κ3) is 6.71. The molecule has 7 aliphatic rings. The van der Waals surface area contributed by atoms with Gasteiger partial charge in [-0.05, 0) is 138 Å². The number of anilines is 3. The quantitative estimate of drug-likeness (QED) is 0.173. The van der Waals surface area contributed by atoms with Gasteiger partial charge in [-0.15, -0.1) is 0 Å². The number of rotatable bonds is 5. The number of nitrogens with zero attached hydrogens (tertiary/aromatic N) is 4. The Hall–Kier alpha value is -7.30. The lowest BCUT2D eigenvalue weighted by molar-refractivity contribution is 0.459. The van der Waals surface area contributed by atoms with Crippen LogP contribution in [0, 0.1) is 11.8 Å². The Morgan fingerprint density at radius 1 is 0.642 bits per heavy atom. The minimum atomic E-state index is -0.0353. The van der Waals surface area contributed by atoms with E-state index in [4.69, 9.17) is 9.97 Å². The monoisotopic (exact) mass is 866 g/mol. The molecule has 5 aromatic carbocycles. The number of aromatic nitrogens is 2. The van der Waals surface area contributed by atoms with Crippen LogP contribution in [0.4, 0.5) is 17.3 Å². The van der Waals surface area contributed by atoms with Crippen LogP contribution in [0.5, 0.6) is 0 Å². The standard InChI is InChI=1S/C63H54N4/c1-63(2)54-22-12-10-20-51(54)52-33-32-50(40-55(52)63)66-58-34-29-44(41-15-5-3-6-16-41)37-47(58)27-28-48-38-45(30-35-59(48)66)46-31-36-60-49(39-46)26-25-42-17-9-14-24-57(42)67(60)62-64-56-23-13-11-21-53(56)61(65-62)43-18-7-4-8-19-43/h4-5,7-29,34,36-38,40,46,49H,3,6,30-33,35,39H2,1-2H3. The summed E-state index contributed by atoms with van der Waals surface area (Å²) in [4.78, 5) is 15.8. The molecule has 2 unspecified atom stereocenters. The van der Waals surface area contributed by atoms with Gasteiger partial charge >= 0.3 is 0 Å². The molecule has 4 nitrogen and oxygen atoms in total. The predicted octanol–water partition coefficient (Wildman–Crippen LogP) is 16.0. The average molecular weight is 867 g/mol. The van der Waals surface area contributed by atoms with E-state index in [1.165, 1.54) is 72.9 Å². The van der Waals surface area contributed by atoms with Crippen molar-refractivity contribution < 1.29 is 0 Å². The van der Waals surface area contributed by atoms with Crippen molar-refractivity contribution in [1.82, 2.24) is 9.97 Å². The zero-order chi connectivity index (χ0) is 44.6. The largest absolute Gasteiger partial charge is 0.317 e. The third-order valence-corrected chi connectivity index (χ3v) is 15.6. The second kappa shape index (κ2) is 15.9. The summed E-state index contributed by atoms with van der Waals surface area (Å²) < 4.78 is 0. The Bertz CT molecular complexity index is 3340. The second-order valence-electron chi connectivity index (χ2n) is 19.8. The van der Waals surface area contributed by atoms with E-state index < -0.39 is 0 Å². The van der Waals surface area contributed by atoms with E-state index in [1.54, 1.807) is 5.57 Å². The van der Waals surface area contributed by atoms with Crippen molar-refractivity contribution in [3.8, 4) is 11.3 Å². The van der Waals surface area contributed by atoms with Crippen molar-refractivity contribution in [2.45, 2.75) is 70.6 Å². The molecule has 6 aromatic rings. The van der Waals surface area contributed by atoms with Crippen LogP contribution in [0.2, 0.25) is 0 Å². The molecule has 0 saturated carbocycles. The van der Waals surface area contributed by atoms with Crippen LogP contribution in [0.3, 0.4) is 0 Å². The molecule has 1 aromatic heterocycles. The molecule has 13 rings (SSSR count). The summed E-state index contributed by atoms with van der Waals surface area (Å²) >= 11 is 0. The van der Waals surface area contributed by atoms with Crippen LogP contribution >= 0.6 is 0 Å². The second-order valence-corrected chi connectivity index (χ2v) is 19.8. The first-order chi connectivity index (χ1) is 33.0. The van der Waals surface area contributed by atoms with Gasteiger partial charge in [-0.3, -0.25) is 4.90 Å². The molecular weight excluding hydrogens is 813 g/mol. The maximum atomic E-state index is 5.42. The van der Waals surface area contributed by atoms with Crippen LogP contribution in [-0.4, -0.2) is 9.97 Å². The molecule has 0 fully saturated rings. The van der Waals surface area contributed by atoms with Gasteiger partial charge in [-0.25, -0.2) is 9.97 Å². The maximum absolute atomic E-state index is 5.42. The fourth-order valence-corrected chi connectivity index (χ4v) is 12.3. The molecule has 4 heteroatoms. The van der Waals surface area contributed by atoms with Crippen LogP contribution in [0.25, 0.3) is 45.5 Å². The lowest BCUT2D eigenvalue weighted by atomic mass is 9.76. The van der Waals surface area contributed by atoms with Gasteiger partial charge < -0.3 is 4.90 Å². The number of benzene rings is 5. The summed E-state index contributed by atoms with van der Waals surface area (Å²) in [5.74, 6) is 1.36. The lowest BCUT2D eigenvalue weighted by Gasteiger charge is -2.38. The first-order valence-corrected chi connectivity index (χ1v) is 24.5. The highest BCUT2D eigenvalue weighted by molar-refractivity contribution is 5.94. The summed E-state index contributed by atoms with van der Waals surface area (Å²) in [6.07, 6.45) is 32.7. The van der Waals surface area contributed by atoms with Crippen LogP contribution in [0.1, 0.15) is 93.0 Å². The summed E-state index contributed by atoms with van der Waals surface area (Å²) in [5, 5.41) is 1.06. The predicted molar refractivity (Wildman–Crippen MR) is 279 cm³/mol. The summed E-state index contributed by atoms with van der Waals surface area (Å²) in [6, 6.07) is 44.1. The maximum Gasteiger partial charge on any atom is 0.235 e. The number of fused-ring (bicyclic) bond motifs is 6. The van der Waals surface area contributed by atoms with E-state index in [0.717, 1.165) is 85.2 Å². The van der Waals surface area contributed by atoms with E-state index in [9.17, 15) is 0 Å². The Kier molecular flexibility index (Phi) is 9.52. The van der Waals surface area contributed by atoms with Gasteiger partial charge in [0.1, 0.15) is 0 Å². The minimum Gasteiger partial charge on any atom is -0.317 e. The number of allylic oxidation sites excluding steroid dienone is 15. The first kappa shape index (κ1) is 40.0. The Balaban J connectivity index is 0.890. The van der Waals surface area contributed by atoms with Crippen molar-refractivity contribution in [2.24, 2.45) is 11.8 Å². The van der Waals surface area contributed by atoms with Crippen molar-refractivity contribution in [3.63, 3.8) is 0 Å². The average Bonchev–Trinajstić information content (AvgIpc) is 3.49. The molecule has 326 valence electrons. The summed E-state index contributed by atoms with van der Waals surface area (Å²) in [6.45, 7) is 4.84. The lowest BCUT2D eigenvalue weighted by Crippen LogP contribution is -2.29. The molecular formula is C63H54N4. The SMILES string of the molecule is CC1(C)C2=C(CCC(N3C4=C(C=Cc5cc(C6=CCCC=C6)ccc53)C=C(C3CC=C5C(C=Cc6ccccc6N5c5nc(-c6ccccc6)c6ccccc6n5)C3)CC4)=C2)c2ccccc21. The Labute approximate surface area is 394 Å². The van der Waals surface area contributed by atoms with Crippen molar-refractivity contribution in [1.29, 1.82) is 0 Å². The molecule has 5 aliphatic carbocycles. The van der Waals surface area contributed by atoms with Crippen LogP contribution in [-0.2, 0) is 5.41 Å². The van der Waals surface area contributed by atoms with Crippen molar-refractivity contribution in [2.75, 3.05) is 9.80 Å². The van der Waals surface area contributed by atoms with Crippen LogP contribution < -0.4 is 9.80 Å². The van der Waals surface area contributed by atoms with Crippen molar-refractivity contribution >= 4 is 51.5 Å². The smallest absolute Gasteiger partial charge is 0.235 e. The molecule has 0 N–H and O–H groups in total. The van der Waals surface area contributed by atoms with E-state index >= 15 is 0 Å². The zero-order valence-corrected chi connectivity index (χ0v) is 38.4. The van der Waals surface area contributed by atoms with Gasteiger partial charge in [-0.1, -0.05) is 171 Å². The van der Waals surface area contributed by atoms with E-state index in [2.05, 4.69) is 206 Å². The highest BCUT2D eigenvalue weighted by atomic mass is 15.3. The van der Waals surface area contributed by atoms with Gasteiger partial charge in [0.05, 0.1) is 22.6 Å². The summed E-state index contributed by atoms with van der Waals surface area (Å²) in [5.41, 5.74) is 23.5. The molecule has 0 radical (unpaired) electrons. The molecule has 0 amide bonds. The van der Waals surface area contributed by atoms with Gasteiger partial charge in [0.2, 0.25) is 5.95 Å². The number of para-hydroxylation sites is 2. The zero-order valence-electron chi connectivity index (χ0n) is 38.4. The first-order valence-electron chi connectivity index (χ1n) is 24.5.